The predicted octanol–water partition coefficient (Wildman–Crippen LogP) is 0.834. The third-order valence-corrected chi connectivity index (χ3v) is 4.22. The normalized spacial score (nSPS) is 26.9. The molecule has 0 saturated carbocycles. The minimum Gasteiger partial charge on any atom is -0.367 e. The van der Waals surface area contributed by atoms with E-state index in [4.69, 9.17) is 4.74 Å². The molecule has 3 heterocycles. The molecule has 110 valence electrons. The number of morpholine rings is 1. The van der Waals surface area contributed by atoms with Gasteiger partial charge in [-0.2, -0.15) is 5.10 Å². The first kappa shape index (κ1) is 13.7. The summed E-state index contributed by atoms with van der Waals surface area (Å²) >= 11 is 0. The molecule has 1 aromatic rings. The van der Waals surface area contributed by atoms with Crippen molar-refractivity contribution in [2.24, 2.45) is 0 Å². The predicted molar refractivity (Wildman–Crippen MR) is 73.5 cm³/mol. The number of Topliss-reactive ketones (excluding diaryl/α,β-unsaturated/α-hetero) is 1. The third-order valence-electron chi connectivity index (χ3n) is 4.22. The fraction of sp³-hybridized carbons (Fsp3) is 0.786. The van der Waals surface area contributed by atoms with Crippen LogP contribution in [0.4, 0.5) is 0 Å². The van der Waals surface area contributed by atoms with Gasteiger partial charge in [-0.3, -0.25) is 9.69 Å². The molecule has 2 fully saturated rings. The van der Waals surface area contributed by atoms with Crippen LogP contribution in [-0.4, -0.2) is 57.3 Å². The molecule has 20 heavy (non-hydrogen) atoms. The Morgan fingerprint density at radius 2 is 2.40 bits per heavy atom. The number of carbonyl (C=O) groups is 1. The molecule has 2 saturated heterocycles. The average Bonchev–Trinajstić information content (AvgIpc) is 3.05. The number of hydrogen-bond donors (Lipinski definition) is 0. The van der Waals surface area contributed by atoms with Crippen LogP contribution >= 0.6 is 0 Å². The van der Waals surface area contributed by atoms with E-state index < -0.39 is 0 Å². The van der Waals surface area contributed by atoms with Crippen molar-refractivity contribution in [3.05, 3.63) is 12.2 Å². The van der Waals surface area contributed by atoms with E-state index in [1.165, 1.54) is 19.2 Å². The third kappa shape index (κ3) is 2.62. The molecule has 2 aliphatic rings. The Kier molecular flexibility index (Phi) is 3.85. The number of hydrogen-bond acceptors (Lipinski definition) is 5. The van der Waals surface area contributed by atoms with Crippen molar-refractivity contribution in [2.45, 2.75) is 51.3 Å². The molecule has 3 rings (SSSR count). The second-order valence-corrected chi connectivity index (χ2v) is 5.97. The average molecular weight is 278 g/mol. The zero-order valence-corrected chi connectivity index (χ0v) is 12.2. The molecule has 1 aromatic heterocycles. The van der Waals surface area contributed by atoms with Gasteiger partial charge < -0.3 is 4.74 Å². The van der Waals surface area contributed by atoms with Gasteiger partial charge in [0.25, 0.3) is 0 Å². The highest BCUT2D eigenvalue weighted by Gasteiger charge is 2.35. The van der Waals surface area contributed by atoms with Crippen LogP contribution in [0.3, 0.4) is 0 Å². The lowest BCUT2D eigenvalue weighted by Gasteiger charge is -2.34. The molecular weight excluding hydrogens is 256 g/mol. The van der Waals surface area contributed by atoms with Crippen LogP contribution in [0.2, 0.25) is 0 Å². The molecule has 0 spiro atoms. The minimum atomic E-state index is -0.304. The summed E-state index contributed by atoms with van der Waals surface area (Å²) in [5, 5.41) is 4.17. The van der Waals surface area contributed by atoms with E-state index >= 15 is 0 Å². The molecule has 2 unspecified atom stereocenters. The van der Waals surface area contributed by atoms with Gasteiger partial charge in [0.15, 0.2) is 5.78 Å². The highest BCUT2D eigenvalue weighted by Crippen LogP contribution is 2.23. The summed E-state index contributed by atoms with van der Waals surface area (Å²) in [6.45, 7) is 6.59. The highest BCUT2D eigenvalue weighted by molar-refractivity contribution is 5.85. The summed E-state index contributed by atoms with van der Waals surface area (Å²) in [5.41, 5.74) is 0. The summed E-state index contributed by atoms with van der Waals surface area (Å²) in [4.78, 5) is 19.0. The number of ketones is 1. The molecule has 2 aliphatic heterocycles. The largest absolute Gasteiger partial charge is 0.367 e. The fourth-order valence-corrected chi connectivity index (χ4v) is 3.11. The maximum absolute atomic E-state index is 12.4. The first-order valence-electron chi connectivity index (χ1n) is 7.42. The van der Waals surface area contributed by atoms with Gasteiger partial charge in [0.2, 0.25) is 0 Å². The zero-order chi connectivity index (χ0) is 14.1. The van der Waals surface area contributed by atoms with Gasteiger partial charge >= 0.3 is 0 Å². The summed E-state index contributed by atoms with van der Waals surface area (Å²) < 4.78 is 7.56. The quantitative estimate of drug-likeness (QED) is 0.816. The SMILES string of the molecule is CC(C)n1ncnc1CC(=O)C1CN2CCCC2CO1. The number of carbonyl (C=O) groups excluding carboxylic acids is 1. The van der Waals surface area contributed by atoms with Gasteiger partial charge in [-0.25, -0.2) is 9.67 Å². The molecule has 6 heteroatoms. The van der Waals surface area contributed by atoms with Crippen LogP contribution in [-0.2, 0) is 16.0 Å². The molecule has 0 amide bonds. The Labute approximate surface area is 119 Å². The van der Waals surface area contributed by atoms with Crippen LogP contribution in [0, 0.1) is 0 Å². The smallest absolute Gasteiger partial charge is 0.170 e. The van der Waals surface area contributed by atoms with Crippen LogP contribution in [0.1, 0.15) is 38.6 Å². The monoisotopic (exact) mass is 278 g/mol. The summed E-state index contributed by atoms with van der Waals surface area (Å²) in [6, 6.07) is 0.744. The zero-order valence-electron chi connectivity index (χ0n) is 12.2. The van der Waals surface area contributed by atoms with Crippen LogP contribution < -0.4 is 0 Å². The van der Waals surface area contributed by atoms with E-state index in [1.807, 2.05) is 13.8 Å². The van der Waals surface area contributed by atoms with Crippen molar-refractivity contribution in [1.29, 1.82) is 0 Å². The lowest BCUT2D eigenvalue weighted by Crippen LogP contribution is -2.49. The second kappa shape index (κ2) is 5.61. The Bertz CT molecular complexity index is 485. The van der Waals surface area contributed by atoms with Gasteiger partial charge in [-0.05, 0) is 33.2 Å². The van der Waals surface area contributed by atoms with E-state index in [9.17, 15) is 4.79 Å². The highest BCUT2D eigenvalue weighted by atomic mass is 16.5. The Morgan fingerprint density at radius 1 is 1.55 bits per heavy atom. The van der Waals surface area contributed by atoms with E-state index in [1.54, 1.807) is 4.68 Å². The van der Waals surface area contributed by atoms with Crippen molar-refractivity contribution >= 4 is 5.78 Å². The van der Waals surface area contributed by atoms with Crippen molar-refractivity contribution in [3.63, 3.8) is 0 Å². The van der Waals surface area contributed by atoms with E-state index in [0.29, 0.717) is 19.1 Å². The van der Waals surface area contributed by atoms with Gasteiger partial charge in [0.05, 0.1) is 13.0 Å². The molecule has 0 aromatic carbocycles. The van der Waals surface area contributed by atoms with E-state index in [2.05, 4.69) is 15.0 Å². The first-order chi connectivity index (χ1) is 9.65. The fourth-order valence-electron chi connectivity index (χ4n) is 3.11. The van der Waals surface area contributed by atoms with E-state index in [-0.39, 0.29) is 17.9 Å². The molecule has 6 nitrogen and oxygen atoms in total. The van der Waals surface area contributed by atoms with Gasteiger partial charge in [-0.15, -0.1) is 0 Å². The molecule has 0 radical (unpaired) electrons. The Morgan fingerprint density at radius 3 is 3.20 bits per heavy atom. The van der Waals surface area contributed by atoms with Crippen molar-refractivity contribution in [2.75, 3.05) is 19.7 Å². The topological polar surface area (TPSA) is 60.2 Å². The molecule has 0 aliphatic carbocycles. The number of rotatable bonds is 4. The van der Waals surface area contributed by atoms with E-state index in [0.717, 1.165) is 18.9 Å². The first-order valence-corrected chi connectivity index (χ1v) is 7.42. The van der Waals surface area contributed by atoms with Crippen LogP contribution in [0.5, 0.6) is 0 Å². The summed E-state index contributed by atoms with van der Waals surface area (Å²) in [7, 11) is 0. The molecule has 0 bridgehead atoms. The Hall–Kier alpha value is -1.27. The van der Waals surface area contributed by atoms with Gasteiger partial charge in [0, 0.05) is 18.6 Å². The molecule has 2 atom stereocenters. The summed E-state index contributed by atoms with van der Waals surface area (Å²) in [5.74, 6) is 0.849. The van der Waals surface area contributed by atoms with Crippen LogP contribution in [0.25, 0.3) is 0 Å². The second-order valence-electron chi connectivity index (χ2n) is 5.97. The maximum atomic E-state index is 12.4. The van der Waals surface area contributed by atoms with Crippen LogP contribution in [0.15, 0.2) is 6.33 Å². The van der Waals surface area contributed by atoms with Crippen molar-refractivity contribution in [1.82, 2.24) is 19.7 Å². The van der Waals surface area contributed by atoms with Crippen molar-refractivity contribution < 1.29 is 9.53 Å². The number of ether oxygens (including phenoxy) is 1. The number of fused-ring (bicyclic) bond motifs is 1. The van der Waals surface area contributed by atoms with Gasteiger partial charge in [0.1, 0.15) is 18.3 Å². The lowest BCUT2D eigenvalue weighted by molar-refractivity contribution is -0.137. The summed E-state index contributed by atoms with van der Waals surface area (Å²) in [6.07, 6.45) is 3.93. The number of nitrogens with zero attached hydrogens (tertiary/aromatic N) is 4. The minimum absolute atomic E-state index is 0.116. The molecule has 0 N–H and O–H groups in total. The number of aromatic nitrogens is 3. The lowest BCUT2D eigenvalue weighted by atomic mass is 10.1. The standard InChI is InChI=1S/C14H22N4O2/c1-10(2)18-14(15-9-16-18)6-12(19)13-7-17-5-3-4-11(17)8-20-13/h9-11,13H,3-8H2,1-2H3. The van der Waals surface area contributed by atoms with Crippen molar-refractivity contribution in [3.8, 4) is 0 Å². The Balaban J connectivity index is 1.63. The molecular formula is C14H22N4O2. The van der Waals surface area contributed by atoms with Gasteiger partial charge in [-0.1, -0.05) is 0 Å². The maximum Gasteiger partial charge on any atom is 0.170 e.